The summed E-state index contributed by atoms with van der Waals surface area (Å²) in [4.78, 5) is 46.0. The Morgan fingerprint density at radius 1 is 0.550 bits per heavy atom. The molecule has 0 fully saturated rings. The van der Waals surface area contributed by atoms with E-state index < -0.39 is 57.6 Å². The van der Waals surface area contributed by atoms with Gasteiger partial charge in [0.15, 0.2) is 6.04 Å². The number of esters is 1. The van der Waals surface area contributed by atoms with Crippen LogP contribution in [0.15, 0.2) is 72.9 Å². The molecule has 0 heterocycles. The largest absolute Gasteiger partial charge is 0.480 e. The van der Waals surface area contributed by atoms with Crippen LogP contribution in [0.25, 0.3) is 0 Å². The molecule has 0 aromatic heterocycles. The quantitative estimate of drug-likeness (QED) is 0.0201. The van der Waals surface area contributed by atoms with E-state index in [2.05, 4.69) is 79.9 Å². The average Bonchev–Trinajstić information content (AvgIpc) is 3.22. The number of aliphatic hydroxyl groups is 1. The van der Waals surface area contributed by atoms with Crippen LogP contribution >= 0.6 is 7.82 Å². The molecule has 11 nitrogen and oxygen atoms in total. The van der Waals surface area contributed by atoms with E-state index in [1.807, 2.05) is 12.2 Å². The van der Waals surface area contributed by atoms with Gasteiger partial charge in [0.05, 0.1) is 13.2 Å². The molecule has 4 N–H and O–H groups in total. The van der Waals surface area contributed by atoms with Crippen molar-refractivity contribution in [2.75, 3.05) is 19.8 Å². The first-order valence-electron chi connectivity index (χ1n) is 23.0. The molecule has 0 aromatic carbocycles. The van der Waals surface area contributed by atoms with E-state index in [0.717, 1.165) is 57.8 Å². The molecule has 0 aliphatic heterocycles. The van der Waals surface area contributed by atoms with Crippen LogP contribution < -0.4 is 5.32 Å². The van der Waals surface area contributed by atoms with Crippen molar-refractivity contribution >= 4 is 25.7 Å². The summed E-state index contributed by atoms with van der Waals surface area (Å²) in [6.45, 7) is 2.42. The number of carboxylic acid groups (broad SMARTS) is 1. The van der Waals surface area contributed by atoms with E-state index in [0.29, 0.717) is 19.3 Å². The van der Waals surface area contributed by atoms with Gasteiger partial charge in [0.2, 0.25) is 5.91 Å². The van der Waals surface area contributed by atoms with Crippen LogP contribution in [0.1, 0.15) is 181 Å². The third-order valence-corrected chi connectivity index (χ3v) is 10.4. The number of phosphoric acid groups is 1. The number of unbranched alkanes of at least 4 members (excludes halogenated alkanes) is 16. The Kier molecular flexibility index (Phi) is 40.4. The molecule has 0 aromatic rings. The molecular formula is C48H82NO10P. The fourth-order valence-electron chi connectivity index (χ4n) is 5.93. The SMILES string of the molecule is CC/C=C\C/C=C\C/C=C\C/C=C\C/C=C\CCCC(=O)OCC(O)COP(=O)(O)OCC(NC(=O)CCCCCCCCCCC/C=C/CCCCCCCC)C(=O)O. The molecule has 1 amide bonds. The molecule has 0 bridgehead atoms. The lowest BCUT2D eigenvalue weighted by molar-refractivity contribution is -0.147. The van der Waals surface area contributed by atoms with Crippen molar-refractivity contribution in [2.45, 2.75) is 193 Å². The lowest BCUT2D eigenvalue weighted by Crippen LogP contribution is -2.43. The van der Waals surface area contributed by atoms with Crippen LogP contribution in [-0.2, 0) is 32.7 Å². The third kappa shape index (κ3) is 41.6. The molecule has 0 aliphatic carbocycles. The Morgan fingerprint density at radius 2 is 0.983 bits per heavy atom. The first kappa shape index (κ1) is 56.9. The summed E-state index contributed by atoms with van der Waals surface area (Å²) in [6, 6.07) is -1.56. The lowest BCUT2D eigenvalue weighted by atomic mass is 10.1. The minimum atomic E-state index is -4.77. The molecule has 0 rings (SSSR count). The Bertz CT molecular complexity index is 1290. The number of hydrogen-bond donors (Lipinski definition) is 4. The number of carbonyl (C=O) groups is 3. The zero-order chi connectivity index (χ0) is 44.2. The highest BCUT2D eigenvalue weighted by atomic mass is 31.2. The molecule has 3 atom stereocenters. The van der Waals surface area contributed by atoms with Gasteiger partial charge in [-0.05, 0) is 77.0 Å². The van der Waals surface area contributed by atoms with Gasteiger partial charge in [-0.2, -0.15) is 0 Å². The molecular weight excluding hydrogens is 781 g/mol. The van der Waals surface area contributed by atoms with Crippen LogP contribution in [0.4, 0.5) is 0 Å². The number of aliphatic carboxylic acids is 1. The molecule has 12 heteroatoms. The summed E-state index contributed by atoms with van der Waals surface area (Å²) in [7, 11) is -4.77. The molecule has 0 radical (unpaired) electrons. The second-order valence-corrected chi connectivity index (χ2v) is 16.7. The topological polar surface area (TPSA) is 169 Å². The van der Waals surface area contributed by atoms with Gasteiger partial charge in [-0.1, -0.05) is 164 Å². The second kappa shape index (κ2) is 42.6. The van der Waals surface area contributed by atoms with Gasteiger partial charge in [-0.25, -0.2) is 9.36 Å². The summed E-state index contributed by atoms with van der Waals surface area (Å²) >= 11 is 0. The molecule has 60 heavy (non-hydrogen) atoms. The minimum Gasteiger partial charge on any atom is -0.480 e. The Balaban J connectivity index is 3.96. The van der Waals surface area contributed by atoms with Gasteiger partial charge in [0.25, 0.3) is 0 Å². The summed E-state index contributed by atoms with van der Waals surface area (Å²) in [6.07, 6.45) is 50.7. The maximum Gasteiger partial charge on any atom is 0.472 e. The van der Waals surface area contributed by atoms with E-state index in [4.69, 9.17) is 13.8 Å². The fourth-order valence-corrected chi connectivity index (χ4v) is 6.71. The number of nitrogens with one attached hydrogen (secondary N) is 1. The first-order valence-corrected chi connectivity index (χ1v) is 24.5. The number of rotatable bonds is 42. The number of aliphatic hydroxyl groups excluding tert-OH is 1. The highest BCUT2D eigenvalue weighted by molar-refractivity contribution is 7.47. The lowest BCUT2D eigenvalue weighted by Gasteiger charge is -2.18. The van der Waals surface area contributed by atoms with E-state index in [1.54, 1.807) is 0 Å². The van der Waals surface area contributed by atoms with Crippen LogP contribution in [0.2, 0.25) is 0 Å². The van der Waals surface area contributed by atoms with Crippen molar-refractivity contribution in [3.63, 3.8) is 0 Å². The Hall–Kier alpha value is -3.08. The molecule has 0 saturated carbocycles. The highest BCUT2D eigenvalue weighted by Crippen LogP contribution is 2.43. The number of allylic oxidation sites excluding steroid dienone is 12. The van der Waals surface area contributed by atoms with Crippen LogP contribution in [-0.4, -0.2) is 64.9 Å². The number of ether oxygens (including phenoxy) is 1. The number of carboxylic acids is 1. The van der Waals surface area contributed by atoms with E-state index in [9.17, 15) is 34.1 Å². The van der Waals surface area contributed by atoms with Crippen molar-refractivity contribution in [1.82, 2.24) is 5.32 Å². The van der Waals surface area contributed by atoms with Crippen molar-refractivity contribution < 1.29 is 47.8 Å². The summed E-state index contributed by atoms with van der Waals surface area (Å²) in [5.74, 6) is -2.44. The van der Waals surface area contributed by atoms with Gasteiger partial charge >= 0.3 is 19.8 Å². The second-order valence-electron chi connectivity index (χ2n) is 15.2. The zero-order valence-electron chi connectivity index (χ0n) is 37.2. The van der Waals surface area contributed by atoms with Gasteiger partial charge < -0.3 is 25.2 Å². The summed E-state index contributed by atoms with van der Waals surface area (Å²) < 4.78 is 26.8. The number of phosphoric ester groups is 1. The summed E-state index contributed by atoms with van der Waals surface area (Å²) in [5, 5.41) is 21.8. The predicted molar refractivity (Wildman–Crippen MR) is 244 cm³/mol. The number of hydrogen-bond acceptors (Lipinski definition) is 8. The zero-order valence-corrected chi connectivity index (χ0v) is 38.1. The molecule has 0 saturated heterocycles. The summed E-state index contributed by atoms with van der Waals surface area (Å²) in [5.41, 5.74) is 0. The molecule has 0 spiro atoms. The van der Waals surface area contributed by atoms with Crippen molar-refractivity contribution in [3.05, 3.63) is 72.9 Å². The maximum atomic E-state index is 12.3. The van der Waals surface area contributed by atoms with Crippen molar-refractivity contribution in [1.29, 1.82) is 0 Å². The first-order chi connectivity index (χ1) is 29.1. The molecule has 344 valence electrons. The third-order valence-electron chi connectivity index (χ3n) is 9.48. The van der Waals surface area contributed by atoms with Gasteiger partial charge in [-0.3, -0.25) is 18.6 Å². The number of amides is 1. The van der Waals surface area contributed by atoms with Gasteiger partial charge in [0, 0.05) is 12.8 Å². The average molecular weight is 864 g/mol. The van der Waals surface area contributed by atoms with E-state index in [1.165, 1.54) is 77.0 Å². The van der Waals surface area contributed by atoms with Gasteiger partial charge in [-0.15, -0.1) is 0 Å². The predicted octanol–water partition coefficient (Wildman–Crippen LogP) is 12.1. The normalized spacial score (nSPS) is 14.3. The van der Waals surface area contributed by atoms with Crippen LogP contribution in [0.5, 0.6) is 0 Å². The van der Waals surface area contributed by atoms with Crippen LogP contribution in [0, 0.1) is 0 Å². The van der Waals surface area contributed by atoms with E-state index in [-0.39, 0.29) is 12.8 Å². The standard InChI is InChI=1S/C48H82NO10P/c1-3-5-7-9-11-13-15-17-19-21-22-24-25-27-29-31-33-35-37-39-46(51)49-45(48(53)54)43-59-60(55,56)58-42-44(50)41-57-47(52)40-38-36-34-32-30-28-26-23-20-18-16-14-12-10-8-6-4-2/h6,8,12,14,17-20,26,28,32,34,44-45,50H,3-5,7,9-11,13,15-16,21-25,27,29-31,33,35-43H2,1-2H3,(H,49,51)(H,53,54)(H,55,56)/b8-6-,14-12-,19-17+,20-18-,28-26-,34-32-. The Labute approximate surface area is 363 Å². The smallest absolute Gasteiger partial charge is 0.472 e. The van der Waals surface area contributed by atoms with Crippen molar-refractivity contribution in [2.24, 2.45) is 0 Å². The van der Waals surface area contributed by atoms with E-state index >= 15 is 0 Å². The fraction of sp³-hybridized carbons (Fsp3) is 0.688. The van der Waals surface area contributed by atoms with Gasteiger partial charge in [0.1, 0.15) is 12.7 Å². The Morgan fingerprint density at radius 3 is 1.50 bits per heavy atom. The number of carbonyl (C=O) groups excluding carboxylic acids is 2. The highest BCUT2D eigenvalue weighted by Gasteiger charge is 2.28. The minimum absolute atomic E-state index is 0.137. The molecule has 3 unspecified atom stereocenters. The molecule has 0 aliphatic rings. The van der Waals surface area contributed by atoms with Crippen molar-refractivity contribution in [3.8, 4) is 0 Å². The monoisotopic (exact) mass is 864 g/mol. The van der Waals surface area contributed by atoms with Crippen LogP contribution in [0.3, 0.4) is 0 Å². The maximum absolute atomic E-state index is 12.3.